The molecule has 0 bridgehead atoms. The van der Waals surface area contributed by atoms with Crippen molar-refractivity contribution in [1.29, 1.82) is 0 Å². The molecule has 0 radical (unpaired) electrons. The van der Waals surface area contributed by atoms with E-state index < -0.39 is 41.8 Å². The van der Waals surface area contributed by atoms with E-state index in [-0.39, 0.29) is 61.1 Å². The molecule has 1 fully saturated rings. The van der Waals surface area contributed by atoms with E-state index in [1.54, 1.807) is 140 Å². The number of esters is 6. The third kappa shape index (κ3) is 16.7. The van der Waals surface area contributed by atoms with Crippen molar-refractivity contribution in [2.45, 2.75) is 38.5 Å². The van der Waals surface area contributed by atoms with Gasteiger partial charge >= 0.3 is 41.8 Å². The molecule has 1 saturated heterocycles. The van der Waals surface area contributed by atoms with Gasteiger partial charge in [-0.2, -0.15) is 0 Å². The molecule has 7 rings (SSSR count). The molecule has 1 aliphatic heterocycles. The zero-order valence-electron chi connectivity index (χ0n) is 36.5. The Morgan fingerprint density at radius 3 is 1.16 bits per heavy atom. The van der Waals surface area contributed by atoms with E-state index >= 15 is 0 Å². The van der Waals surface area contributed by atoms with Crippen molar-refractivity contribution in [3.8, 4) is 23.0 Å². The molecular weight excluding hydrogens is 877 g/mol. The molecule has 0 atom stereocenters. The van der Waals surface area contributed by atoms with Gasteiger partial charge in [0.1, 0.15) is 0 Å². The number of carbonyl (C=O) groups is 8. The van der Waals surface area contributed by atoms with Crippen molar-refractivity contribution in [1.82, 2.24) is 5.32 Å². The van der Waals surface area contributed by atoms with Crippen LogP contribution in [0.1, 0.15) is 78.2 Å². The van der Waals surface area contributed by atoms with Gasteiger partial charge in [0.25, 0.3) is 0 Å². The van der Waals surface area contributed by atoms with Crippen LogP contribution in [-0.4, -0.2) is 65.9 Å². The molecule has 0 aromatic heterocycles. The molecular formula is C52H46N2O14. The maximum absolute atomic E-state index is 12.6. The second-order valence-corrected chi connectivity index (χ2v) is 14.5. The van der Waals surface area contributed by atoms with Crippen LogP contribution >= 0.6 is 0 Å². The van der Waals surface area contributed by atoms with Gasteiger partial charge in [-0.25, -0.2) is 19.2 Å². The SMILES string of the molecule is NCCc1ccc(OC(=O)c2ccccc2)c(OC(=O)c2ccccc2)c1.O=C(O)CCC(=O)NCCc1ccc(OC(=O)c2ccccc2)c(OC(=O)c2ccccc2)c1.O=C1CCC(=O)O1. The maximum atomic E-state index is 12.6. The largest absolute Gasteiger partial charge is 0.481 e. The number of cyclic esters (lactones) is 2. The minimum atomic E-state index is -1.04. The third-order valence-corrected chi connectivity index (χ3v) is 9.36. The van der Waals surface area contributed by atoms with Crippen molar-refractivity contribution in [3.63, 3.8) is 0 Å². The molecule has 68 heavy (non-hydrogen) atoms. The van der Waals surface area contributed by atoms with Gasteiger partial charge in [-0.3, -0.25) is 19.2 Å². The average Bonchev–Trinajstić information content (AvgIpc) is 3.75. The summed E-state index contributed by atoms with van der Waals surface area (Å²) in [4.78, 5) is 92.2. The Bertz CT molecular complexity index is 2680. The molecule has 16 nitrogen and oxygen atoms in total. The number of nitrogens with one attached hydrogen (secondary N) is 1. The summed E-state index contributed by atoms with van der Waals surface area (Å²) in [5.41, 5.74) is 8.69. The molecule has 6 aromatic carbocycles. The van der Waals surface area contributed by atoms with Gasteiger partial charge < -0.3 is 39.8 Å². The minimum absolute atomic E-state index is 0.0628. The highest BCUT2D eigenvalue weighted by molar-refractivity contribution is 5.95. The van der Waals surface area contributed by atoms with Crippen molar-refractivity contribution in [2.24, 2.45) is 5.73 Å². The lowest BCUT2D eigenvalue weighted by atomic mass is 10.1. The molecule has 1 heterocycles. The second kappa shape index (κ2) is 26.3. The van der Waals surface area contributed by atoms with E-state index in [1.165, 1.54) is 6.07 Å². The first-order chi connectivity index (χ1) is 32.9. The fourth-order valence-electron chi connectivity index (χ4n) is 5.93. The normalized spacial score (nSPS) is 11.2. The lowest BCUT2D eigenvalue weighted by Gasteiger charge is -2.13. The molecule has 16 heteroatoms. The van der Waals surface area contributed by atoms with Gasteiger partial charge in [0, 0.05) is 13.0 Å². The van der Waals surface area contributed by atoms with Crippen molar-refractivity contribution in [3.05, 3.63) is 191 Å². The number of amides is 1. The first kappa shape index (κ1) is 50.2. The monoisotopic (exact) mass is 922 g/mol. The molecule has 6 aromatic rings. The van der Waals surface area contributed by atoms with Crippen LogP contribution in [-0.2, 0) is 36.8 Å². The van der Waals surface area contributed by atoms with E-state index in [0.717, 1.165) is 5.56 Å². The van der Waals surface area contributed by atoms with Crippen molar-refractivity contribution in [2.75, 3.05) is 13.1 Å². The first-order valence-corrected chi connectivity index (χ1v) is 21.1. The smallest absolute Gasteiger partial charge is 0.343 e. The van der Waals surface area contributed by atoms with E-state index in [2.05, 4.69) is 10.1 Å². The Hall–Kier alpha value is -8.76. The van der Waals surface area contributed by atoms with Crippen LogP contribution in [0.3, 0.4) is 0 Å². The lowest BCUT2D eigenvalue weighted by molar-refractivity contribution is -0.152. The van der Waals surface area contributed by atoms with Crippen molar-refractivity contribution >= 4 is 47.7 Å². The molecule has 1 amide bonds. The number of carbonyl (C=O) groups excluding carboxylic acids is 7. The zero-order valence-corrected chi connectivity index (χ0v) is 36.5. The topological polar surface area (TPSA) is 241 Å². The first-order valence-electron chi connectivity index (χ1n) is 21.1. The summed E-state index contributed by atoms with van der Waals surface area (Å²) in [6, 6.07) is 43.9. The van der Waals surface area contributed by atoms with E-state index in [9.17, 15) is 38.4 Å². The number of ether oxygens (including phenoxy) is 5. The average molecular weight is 923 g/mol. The third-order valence-electron chi connectivity index (χ3n) is 9.36. The summed E-state index contributed by atoms with van der Waals surface area (Å²) in [5, 5.41) is 11.3. The summed E-state index contributed by atoms with van der Waals surface area (Å²) < 4.78 is 26.0. The van der Waals surface area contributed by atoms with Crippen LogP contribution < -0.4 is 30.0 Å². The fourth-order valence-corrected chi connectivity index (χ4v) is 5.93. The predicted molar refractivity (Wildman–Crippen MR) is 245 cm³/mol. The summed E-state index contributed by atoms with van der Waals surface area (Å²) in [5.74, 6) is -3.99. The number of rotatable bonds is 16. The van der Waals surface area contributed by atoms with E-state index in [0.29, 0.717) is 47.2 Å². The number of aliphatic carboxylic acids is 1. The highest BCUT2D eigenvalue weighted by Gasteiger charge is 2.20. The van der Waals surface area contributed by atoms with Crippen LogP contribution in [0.25, 0.3) is 0 Å². The number of carboxylic acids is 1. The Morgan fingerprint density at radius 2 is 0.838 bits per heavy atom. The van der Waals surface area contributed by atoms with Gasteiger partial charge in [0.15, 0.2) is 23.0 Å². The Labute approximate surface area is 390 Å². The van der Waals surface area contributed by atoms with Crippen LogP contribution in [0.4, 0.5) is 0 Å². The number of hydrogen-bond donors (Lipinski definition) is 3. The fraction of sp³-hybridized carbons (Fsp3) is 0.154. The Balaban J connectivity index is 0.000000226. The lowest BCUT2D eigenvalue weighted by Crippen LogP contribution is -2.26. The highest BCUT2D eigenvalue weighted by atomic mass is 16.6. The number of benzene rings is 6. The van der Waals surface area contributed by atoms with Gasteiger partial charge in [0.05, 0.1) is 41.5 Å². The van der Waals surface area contributed by atoms with Gasteiger partial charge in [-0.05, 0) is 103 Å². The molecule has 0 aliphatic carbocycles. The quantitative estimate of drug-likeness (QED) is 0.0497. The predicted octanol–water partition coefficient (Wildman–Crippen LogP) is 7.12. The summed E-state index contributed by atoms with van der Waals surface area (Å²) in [6.45, 7) is 0.711. The second-order valence-electron chi connectivity index (χ2n) is 14.5. The van der Waals surface area contributed by atoms with Crippen molar-refractivity contribution < 1.29 is 67.1 Å². The van der Waals surface area contributed by atoms with E-state index in [1.807, 2.05) is 12.1 Å². The number of nitrogens with two attached hydrogens (primary N) is 1. The van der Waals surface area contributed by atoms with Crippen LogP contribution in [0, 0.1) is 0 Å². The molecule has 0 spiro atoms. The van der Waals surface area contributed by atoms with Crippen LogP contribution in [0.15, 0.2) is 158 Å². The van der Waals surface area contributed by atoms with E-state index in [4.69, 9.17) is 29.8 Å². The standard InChI is InChI=1S/C26H23NO7.C22H19NO4.C4H4O3/c28-23(13-14-24(29)30)27-16-15-18-11-12-21(33-25(31)19-7-3-1-4-8-19)22(17-18)34-26(32)20-9-5-2-6-10-20;23-14-13-16-11-12-19(26-21(24)17-7-3-1-4-8-17)20(15-16)27-22(25)18-9-5-2-6-10-18;5-3-1-2-4(6)7-3/h1-12,17H,13-16H2,(H,27,28)(H,29,30);1-12,15H,13-14,23H2;1-2H2. The molecule has 1 aliphatic rings. The Kier molecular flexibility index (Phi) is 19.4. The summed E-state index contributed by atoms with van der Waals surface area (Å²) >= 11 is 0. The zero-order chi connectivity index (χ0) is 48.7. The molecule has 4 N–H and O–H groups in total. The maximum Gasteiger partial charge on any atom is 0.343 e. The van der Waals surface area contributed by atoms with Gasteiger partial charge in [-0.15, -0.1) is 0 Å². The van der Waals surface area contributed by atoms with Gasteiger partial charge in [0.2, 0.25) is 5.91 Å². The van der Waals surface area contributed by atoms with Crippen LogP contribution in [0.2, 0.25) is 0 Å². The van der Waals surface area contributed by atoms with Crippen LogP contribution in [0.5, 0.6) is 23.0 Å². The molecule has 0 saturated carbocycles. The molecule has 0 unspecified atom stereocenters. The molecule has 348 valence electrons. The summed E-state index contributed by atoms with van der Waals surface area (Å²) in [7, 11) is 0. The number of hydrogen-bond acceptors (Lipinski definition) is 14. The summed E-state index contributed by atoms with van der Waals surface area (Å²) in [6.07, 6.45) is 1.18. The van der Waals surface area contributed by atoms with Gasteiger partial charge in [-0.1, -0.05) is 84.9 Å². The number of carboxylic acid groups (broad SMARTS) is 1. The highest BCUT2D eigenvalue weighted by Crippen LogP contribution is 2.32. The Morgan fingerprint density at radius 1 is 0.485 bits per heavy atom. The minimum Gasteiger partial charge on any atom is -0.481 e.